The standard InChI is InChI=1S/C19H22ClN3O.ClH/c1-13-10-23(12-18(13)21)11-14-3-2-4-17(9-14)22-19(24)15-5-7-16(20)8-6-15;/h2-9,13,18H,10-12,21H2,1H3,(H,22,24);1H. The first-order valence-electron chi connectivity index (χ1n) is 8.15. The van der Waals surface area contributed by atoms with Crippen LogP contribution in [0.5, 0.6) is 0 Å². The average molecular weight is 380 g/mol. The molecule has 1 fully saturated rings. The lowest BCUT2D eigenvalue weighted by Crippen LogP contribution is -2.28. The van der Waals surface area contributed by atoms with Gasteiger partial charge in [-0.25, -0.2) is 0 Å². The molecule has 1 saturated heterocycles. The maximum absolute atomic E-state index is 12.3. The fraction of sp³-hybridized carbons (Fsp3) is 0.316. The third-order valence-corrected chi connectivity index (χ3v) is 4.70. The van der Waals surface area contributed by atoms with E-state index in [4.69, 9.17) is 17.3 Å². The van der Waals surface area contributed by atoms with Crippen molar-refractivity contribution in [2.75, 3.05) is 18.4 Å². The summed E-state index contributed by atoms with van der Waals surface area (Å²) in [6.45, 7) is 4.97. The van der Waals surface area contributed by atoms with E-state index in [1.807, 2.05) is 18.2 Å². The Labute approximate surface area is 159 Å². The lowest BCUT2D eigenvalue weighted by atomic mass is 10.1. The fourth-order valence-corrected chi connectivity index (χ4v) is 3.16. The Balaban J connectivity index is 0.00000225. The van der Waals surface area contributed by atoms with E-state index in [0.29, 0.717) is 16.5 Å². The monoisotopic (exact) mass is 379 g/mol. The molecule has 4 nitrogen and oxygen atoms in total. The summed E-state index contributed by atoms with van der Waals surface area (Å²) in [5.74, 6) is 0.387. The Morgan fingerprint density at radius 3 is 2.60 bits per heavy atom. The molecule has 0 saturated carbocycles. The number of likely N-dealkylation sites (tertiary alicyclic amines) is 1. The summed E-state index contributed by atoms with van der Waals surface area (Å²) in [6.07, 6.45) is 0. The predicted molar refractivity (Wildman–Crippen MR) is 106 cm³/mol. The maximum atomic E-state index is 12.3. The molecule has 2 unspecified atom stereocenters. The van der Waals surface area contributed by atoms with Gasteiger partial charge in [0, 0.05) is 41.9 Å². The van der Waals surface area contributed by atoms with E-state index < -0.39 is 0 Å². The highest BCUT2D eigenvalue weighted by Crippen LogP contribution is 2.19. The number of hydrogen-bond acceptors (Lipinski definition) is 3. The van der Waals surface area contributed by atoms with E-state index in [9.17, 15) is 4.79 Å². The maximum Gasteiger partial charge on any atom is 0.255 e. The van der Waals surface area contributed by atoms with Crippen molar-refractivity contribution in [3.05, 3.63) is 64.7 Å². The molecule has 1 amide bonds. The number of hydrogen-bond donors (Lipinski definition) is 2. The van der Waals surface area contributed by atoms with Crippen LogP contribution in [0, 0.1) is 5.92 Å². The van der Waals surface area contributed by atoms with E-state index in [0.717, 1.165) is 25.3 Å². The van der Waals surface area contributed by atoms with Gasteiger partial charge in [-0.3, -0.25) is 9.69 Å². The number of carbonyl (C=O) groups excluding carboxylic acids is 1. The number of carbonyl (C=O) groups is 1. The van der Waals surface area contributed by atoms with Crippen LogP contribution < -0.4 is 11.1 Å². The van der Waals surface area contributed by atoms with Crippen LogP contribution in [0.15, 0.2) is 48.5 Å². The minimum Gasteiger partial charge on any atom is -0.326 e. The van der Waals surface area contributed by atoms with Crippen molar-refractivity contribution in [3.8, 4) is 0 Å². The van der Waals surface area contributed by atoms with Crippen molar-refractivity contribution in [3.63, 3.8) is 0 Å². The van der Waals surface area contributed by atoms with Gasteiger partial charge in [0.2, 0.25) is 0 Å². The number of anilines is 1. The molecule has 0 radical (unpaired) electrons. The minimum atomic E-state index is -0.138. The fourth-order valence-electron chi connectivity index (χ4n) is 3.03. The van der Waals surface area contributed by atoms with Gasteiger partial charge in [-0.1, -0.05) is 30.7 Å². The van der Waals surface area contributed by atoms with Crippen molar-refractivity contribution >= 4 is 35.6 Å². The molecule has 1 aliphatic rings. The zero-order chi connectivity index (χ0) is 17.1. The number of amides is 1. The Morgan fingerprint density at radius 1 is 1.24 bits per heavy atom. The summed E-state index contributed by atoms with van der Waals surface area (Å²) in [4.78, 5) is 14.6. The third kappa shape index (κ3) is 5.19. The Hall–Kier alpha value is -1.59. The molecule has 0 aromatic heterocycles. The summed E-state index contributed by atoms with van der Waals surface area (Å²) in [5.41, 5.74) is 8.64. The SMILES string of the molecule is CC1CN(Cc2cccc(NC(=O)c3ccc(Cl)cc3)c2)CC1N.Cl. The van der Waals surface area contributed by atoms with E-state index in [-0.39, 0.29) is 24.4 Å². The second-order valence-corrected chi connectivity index (χ2v) is 6.93. The second-order valence-electron chi connectivity index (χ2n) is 6.50. The van der Waals surface area contributed by atoms with Gasteiger partial charge >= 0.3 is 0 Å². The Morgan fingerprint density at radius 2 is 1.96 bits per heavy atom. The third-order valence-electron chi connectivity index (χ3n) is 4.44. The number of benzene rings is 2. The lowest BCUT2D eigenvalue weighted by Gasteiger charge is -2.16. The highest BCUT2D eigenvalue weighted by molar-refractivity contribution is 6.30. The number of halogens is 2. The molecule has 0 spiro atoms. The quantitative estimate of drug-likeness (QED) is 0.849. The summed E-state index contributed by atoms with van der Waals surface area (Å²) in [7, 11) is 0. The number of nitrogens with two attached hydrogens (primary N) is 1. The molecular formula is C19H23Cl2N3O. The molecule has 0 aliphatic carbocycles. The molecule has 0 bridgehead atoms. The van der Waals surface area contributed by atoms with Gasteiger partial charge < -0.3 is 11.1 Å². The molecule has 3 N–H and O–H groups in total. The summed E-state index contributed by atoms with van der Waals surface area (Å²) in [6, 6.07) is 15.1. The van der Waals surface area contributed by atoms with E-state index in [1.165, 1.54) is 5.56 Å². The highest BCUT2D eigenvalue weighted by atomic mass is 35.5. The molecule has 6 heteroatoms. The predicted octanol–water partition coefficient (Wildman–Crippen LogP) is 3.79. The van der Waals surface area contributed by atoms with Crippen molar-refractivity contribution in [2.24, 2.45) is 11.7 Å². The summed E-state index contributed by atoms with van der Waals surface area (Å²) in [5, 5.41) is 3.55. The molecular weight excluding hydrogens is 357 g/mol. The molecule has 2 atom stereocenters. The molecule has 2 aromatic carbocycles. The van der Waals surface area contributed by atoms with Crippen LogP contribution in [0.3, 0.4) is 0 Å². The smallest absolute Gasteiger partial charge is 0.255 e. The van der Waals surface area contributed by atoms with Crippen molar-refractivity contribution in [2.45, 2.75) is 19.5 Å². The van der Waals surface area contributed by atoms with Gasteiger partial charge in [0.1, 0.15) is 0 Å². The second kappa shape index (κ2) is 8.68. The average Bonchev–Trinajstić information content (AvgIpc) is 2.86. The van der Waals surface area contributed by atoms with Gasteiger partial charge in [-0.2, -0.15) is 0 Å². The zero-order valence-electron chi connectivity index (χ0n) is 14.1. The summed E-state index contributed by atoms with van der Waals surface area (Å²) >= 11 is 5.85. The van der Waals surface area contributed by atoms with Crippen LogP contribution in [-0.2, 0) is 6.54 Å². The molecule has 3 rings (SSSR count). The molecule has 134 valence electrons. The van der Waals surface area contributed by atoms with Crippen LogP contribution in [0.1, 0.15) is 22.8 Å². The first-order chi connectivity index (χ1) is 11.5. The van der Waals surface area contributed by atoms with Crippen LogP contribution in [0.2, 0.25) is 5.02 Å². The van der Waals surface area contributed by atoms with Gasteiger partial charge in [0.15, 0.2) is 0 Å². The van der Waals surface area contributed by atoms with E-state index in [1.54, 1.807) is 24.3 Å². The minimum absolute atomic E-state index is 0. The zero-order valence-corrected chi connectivity index (χ0v) is 15.7. The Bertz CT molecular complexity index is 711. The van der Waals surface area contributed by atoms with Crippen LogP contribution in [0.4, 0.5) is 5.69 Å². The number of nitrogens with zero attached hydrogens (tertiary/aromatic N) is 1. The van der Waals surface area contributed by atoms with E-state index in [2.05, 4.69) is 23.2 Å². The van der Waals surface area contributed by atoms with E-state index >= 15 is 0 Å². The van der Waals surface area contributed by atoms with Crippen LogP contribution in [0.25, 0.3) is 0 Å². The molecule has 1 heterocycles. The Kier molecular flexibility index (Phi) is 6.85. The molecule has 25 heavy (non-hydrogen) atoms. The first kappa shape index (κ1) is 19.7. The molecule has 1 aliphatic heterocycles. The van der Waals surface area contributed by atoms with Gasteiger partial charge in [-0.05, 0) is 47.9 Å². The lowest BCUT2D eigenvalue weighted by molar-refractivity contribution is 0.102. The number of rotatable bonds is 4. The number of nitrogens with one attached hydrogen (secondary N) is 1. The van der Waals surface area contributed by atoms with Gasteiger partial charge in [-0.15, -0.1) is 12.4 Å². The van der Waals surface area contributed by atoms with Gasteiger partial charge in [0.05, 0.1) is 0 Å². The van der Waals surface area contributed by atoms with Crippen LogP contribution in [-0.4, -0.2) is 29.9 Å². The first-order valence-corrected chi connectivity index (χ1v) is 8.53. The topological polar surface area (TPSA) is 58.4 Å². The van der Waals surface area contributed by atoms with Gasteiger partial charge in [0.25, 0.3) is 5.91 Å². The summed E-state index contributed by atoms with van der Waals surface area (Å²) < 4.78 is 0. The highest BCUT2D eigenvalue weighted by Gasteiger charge is 2.26. The van der Waals surface area contributed by atoms with Crippen molar-refractivity contribution < 1.29 is 4.79 Å². The normalized spacial score (nSPS) is 20.1. The van der Waals surface area contributed by atoms with Crippen molar-refractivity contribution in [1.29, 1.82) is 0 Å². The molecule has 2 aromatic rings. The van der Waals surface area contributed by atoms with Crippen molar-refractivity contribution in [1.82, 2.24) is 4.90 Å². The van der Waals surface area contributed by atoms with Crippen LogP contribution >= 0.6 is 24.0 Å². The largest absolute Gasteiger partial charge is 0.326 e.